The van der Waals surface area contributed by atoms with Crippen LogP contribution in [0, 0.1) is 0 Å². The summed E-state index contributed by atoms with van der Waals surface area (Å²) in [5.74, 6) is 0.147. The molecule has 0 saturated carbocycles. The standard InChI is InChI=1S/C28H22ClN3O4S/c29-21-13-15-22(16-14-21)32-37(34,35)23-10-6-9-20(17-23)28(33)31-30-25-18-27(19-7-2-1-3-8-19)36-26-12-5-4-11-24(25)26/h1-17,27,32H,18H2,(H,31,33)/b30-25+. The molecule has 0 saturated heterocycles. The first-order valence-electron chi connectivity index (χ1n) is 11.5. The lowest BCUT2D eigenvalue weighted by Gasteiger charge is -2.27. The number of fused-ring (bicyclic) bond motifs is 1. The van der Waals surface area contributed by atoms with Gasteiger partial charge >= 0.3 is 0 Å². The van der Waals surface area contributed by atoms with Crippen molar-refractivity contribution in [2.75, 3.05) is 4.72 Å². The van der Waals surface area contributed by atoms with Gasteiger partial charge in [-0.05, 0) is 60.2 Å². The molecule has 37 heavy (non-hydrogen) atoms. The Kier molecular flexibility index (Phi) is 6.94. The molecule has 1 aliphatic rings. The van der Waals surface area contributed by atoms with Crippen LogP contribution in [0.15, 0.2) is 113 Å². The van der Waals surface area contributed by atoms with Crippen LogP contribution < -0.4 is 14.9 Å². The van der Waals surface area contributed by atoms with Gasteiger partial charge in [-0.3, -0.25) is 9.52 Å². The third-order valence-electron chi connectivity index (χ3n) is 5.81. The lowest BCUT2D eigenvalue weighted by atomic mass is 9.96. The fourth-order valence-electron chi connectivity index (χ4n) is 3.97. The van der Waals surface area contributed by atoms with Crippen LogP contribution in [0.25, 0.3) is 0 Å². The van der Waals surface area contributed by atoms with E-state index in [0.717, 1.165) is 11.1 Å². The zero-order chi connectivity index (χ0) is 25.8. The Morgan fingerprint density at radius 2 is 1.62 bits per heavy atom. The van der Waals surface area contributed by atoms with E-state index < -0.39 is 15.9 Å². The van der Waals surface area contributed by atoms with Crippen LogP contribution in [0.2, 0.25) is 5.02 Å². The zero-order valence-electron chi connectivity index (χ0n) is 19.5. The van der Waals surface area contributed by atoms with Crippen molar-refractivity contribution in [3.63, 3.8) is 0 Å². The van der Waals surface area contributed by atoms with E-state index >= 15 is 0 Å². The molecular formula is C28H22ClN3O4S. The van der Waals surface area contributed by atoms with Crippen molar-refractivity contribution >= 4 is 38.9 Å². The van der Waals surface area contributed by atoms with Gasteiger partial charge in [-0.1, -0.05) is 60.1 Å². The Balaban J connectivity index is 1.36. The molecule has 4 aromatic carbocycles. The van der Waals surface area contributed by atoms with E-state index in [1.54, 1.807) is 24.3 Å². The molecule has 1 unspecified atom stereocenters. The van der Waals surface area contributed by atoms with Gasteiger partial charge in [0, 0.05) is 28.3 Å². The second-order valence-electron chi connectivity index (χ2n) is 8.36. The van der Waals surface area contributed by atoms with Crippen molar-refractivity contribution in [2.45, 2.75) is 17.4 Å². The number of nitrogens with zero attached hydrogens (tertiary/aromatic N) is 1. The molecule has 0 aliphatic carbocycles. The van der Waals surface area contributed by atoms with Crippen molar-refractivity contribution in [1.29, 1.82) is 0 Å². The SMILES string of the molecule is O=C(N/N=C1\CC(c2ccccc2)Oc2ccccc21)c1cccc(S(=O)(=O)Nc2ccc(Cl)cc2)c1. The van der Waals surface area contributed by atoms with Crippen LogP contribution in [0.5, 0.6) is 5.75 Å². The molecular weight excluding hydrogens is 510 g/mol. The number of hydrogen-bond donors (Lipinski definition) is 2. The van der Waals surface area contributed by atoms with Gasteiger partial charge in [0.05, 0.1) is 10.6 Å². The van der Waals surface area contributed by atoms with Crippen molar-refractivity contribution in [1.82, 2.24) is 5.43 Å². The fourth-order valence-corrected chi connectivity index (χ4v) is 5.20. The normalized spacial score (nSPS) is 15.9. The van der Waals surface area contributed by atoms with Crippen LogP contribution in [0.3, 0.4) is 0 Å². The second kappa shape index (κ2) is 10.5. The number of rotatable bonds is 6. The second-order valence-corrected chi connectivity index (χ2v) is 10.5. The summed E-state index contributed by atoms with van der Waals surface area (Å²) in [6.07, 6.45) is 0.208. The maximum atomic E-state index is 12.9. The van der Waals surface area contributed by atoms with Gasteiger partial charge in [-0.25, -0.2) is 13.8 Å². The molecule has 2 N–H and O–H groups in total. The van der Waals surface area contributed by atoms with E-state index in [2.05, 4.69) is 15.2 Å². The first-order valence-corrected chi connectivity index (χ1v) is 13.3. The van der Waals surface area contributed by atoms with Gasteiger partial charge in [0.2, 0.25) is 0 Å². The smallest absolute Gasteiger partial charge is 0.271 e. The monoisotopic (exact) mass is 531 g/mol. The van der Waals surface area contributed by atoms with Gasteiger partial charge in [-0.15, -0.1) is 0 Å². The Morgan fingerprint density at radius 1 is 0.892 bits per heavy atom. The van der Waals surface area contributed by atoms with E-state index in [1.165, 1.54) is 24.3 Å². The molecule has 1 aliphatic heterocycles. The highest BCUT2D eigenvalue weighted by Crippen LogP contribution is 2.35. The number of sulfonamides is 1. The molecule has 5 rings (SSSR count). The summed E-state index contributed by atoms with van der Waals surface area (Å²) in [6, 6.07) is 29.3. The molecule has 0 radical (unpaired) electrons. The molecule has 7 nitrogen and oxygen atoms in total. The van der Waals surface area contributed by atoms with Crippen molar-refractivity contribution in [3.8, 4) is 5.75 Å². The number of para-hydroxylation sites is 1. The third kappa shape index (κ3) is 5.66. The summed E-state index contributed by atoms with van der Waals surface area (Å²) in [6.45, 7) is 0. The number of hydrogen-bond acceptors (Lipinski definition) is 5. The highest BCUT2D eigenvalue weighted by atomic mass is 35.5. The van der Waals surface area contributed by atoms with Crippen LogP contribution in [-0.4, -0.2) is 20.0 Å². The van der Waals surface area contributed by atoms with Crippen LogP contribution in [0.4, 0.5) is 5.69 Å². The lowest BCUT2D eigenvalue weighted by Crippen LogP contribution is -2.25. The first-order chi connectivity index (χ1) is 17.9. The van der Waals surface area contributed by atoms with E-state index in [0.29, 0.717) is 28.6 Å². The minimum Gasteiger partial charge on any atom is -0.485 e. The Labute approximate surface area is 219 Å². The third-order valence-corrected chi connectivity index (χ3v) is 7.44. The van der Waals surface area contributed by atoms with E-state index in [4.69, 9.17) is 16.3 Å². The van der Waals surface area contributed by atoms with Crippen LogP contribution in [0.1, 0.15) is 34.0 Å². The zero-order valence-corrected chi connectivity index (χ0v) is 21.0. The molecule has 4 aromatic rings. The Morgan fingerprint density at radius 3 is 2.41 bits per heavy atom. The largest absolute Gasteiger partial charge is 0.485 e. The van der Waals surface area contributed by atoms with Gasteiger partial charge in [-0.2, -0.15) is 5.10 Å². The summed E-state index contributed by atoms with van der Waals surface area (Å²) < 4.78 is 34.4. The maximum absolute atomic E-state index is 12.9. The molecule has 0 bridgehead atoms. The quantitative estimate of drug-likeness (QED) is 0.307. The number of nitrogens with one attached hydrogen (secondary N) is 2. The maximum Gasteiger partial charge on any atom is 0.271 e. The number of carbonyl (C=O) groups excluding carboxylic acids is 1. The number of benzene rings is 4. The summed E-state index contributed by atoms with van der Waals surface area (Å²) in [7, 11) is -3.92. The average Bonchev–Trinajstić information content (AvgIpc) is 2.93. The van der Waals surface area contributed by atoms with Crippen LogP contribution >= 0.6 is 11.6 Å². The lowest BCUT2D eigenvalue weighted by molar-refractivity contribution is 0.0954. The predicted molar refractivity (Wildman–Crippen MR) is 144 cm³/mol. The number of anilines is 1. The van der Waals surface area contributed by atoms with Gasteiger partial charge < -0.3 is 4.74 Å². The molecule has 0 fully saturated rings. The van der Waals surface area contributed by atoms with Crippen molar-refractivity contribution in [3.05, 3.63) is 125 Å². The number of amides is 1. The number of halogens is 1. The molecule has 186 valence electrons. The van der Waals surface area contributed by atoms with Gasteiger partial charge in [0.25, 0.3) is 15.9 Å². The minimum absolute atomic E-state index is 0.0525. The molecule has 1 amide bonds. The molecule has 1 atom stereocenters. The topological polar surface area (TPSA) is 96.9 Å². The summed E-state index contributed by atoms with van der Waals surface area (Å²) in [5, 5.41) is 4.90. The number of ether oxygens (including phenoxy) is 1. The first kappa shape index (κ1) is 24.5. The van der Waals surface area contributed by atoms with E-state index in [9.17, 15) is 13.2 Å². The summed E-state index contributed by atoms with van der Waals surface area (Å²) in [5.41, 5.74) is 5.55. The van der Waals surface area contributed by atoms with Gasteiger partial charge in [0.15, 0.2) is 0 Å². The summed E-state index contributed by atoms with van der Waals surface area (Å²) in [4.78, 5) is 12.9. The van der Waals surface area contributed by atoms with Crippen molar-refractivity contribution < 1.29 is 17.9 Å². The number of carbonyl (C=O) groups is 1. The molecule has 9 heteroatoms. The Bertz CT molecular complexity index is 1570. The van der Waals surface area contributed by atoms with E-state index in [1.807, 2.05) is 54.6 Å². The van der Waals surface area contributed by atoms with Crippen LogP contribution in [-0.2, 0) is 10.0 Å². The average molecular weight is 532 g/mol. The van der Waals surface area contributed by atoms with Crippen molar-refractivity contribution in [2.24, 2.45) is 5.10 Å². The molecule has 0 spiro atoms. The Hall–Kier alpha value is -4.14. The van der Waals surface area contributed by atoms with Gasteiger partial charge in [0.1, 0.15) is 11.9 Å². The fraction of sp³-hybridized carbons (Fsp3) is 0.0714. The summed E-state index contributed by atoms with van der Waals surface area (Å²) >= 11 is 5.87. The van der Waals surface area contributed by atoms with E-state index in [-0.39, 0.29) is 16.6 Å². The molecule has 1 heterocycles. The molecule has 0 aromatic heterocycles. The highest BCUT2D eigenvalue weighted by Gasteiger charge is 2.26. The number of hydrazone groups is 1. The minimum atomic E-state index is -3.92. The highest BCUT2D eigenvalue weighted by molar-refractivity contribution is 7.92. The predicted octanol–water partition coefficient (Wildman–Crippen LogP) is 5.80.